The fourth-order valence-corrected chi connectivity index (χ4v) is 1.97. The lowest BCUT2D eigenvalue weighted by atomic mass is 9.83. The molecule has 1 N–H and O–H groups in total. The molecular weight excluding hydrogens is 228 g/mol. The molecule has 1 aromatic carbocycles. The smallest absolute Gasteiger partial charge is 0.119 e. The molecule has 0 saturated heterocycles. The first-order chi connectivity index (χ1) is 8.63. The number of rotatable bonds is 8. The van der Waals surface area contributed by atoms with Crippen LogP contribution >= 0.6 is 0 Å². The molecule has 0 spiro atoms. The van der Waals surface area contributed by atoms with Crippen molar-refractivity contribution in [3.8, 4) is 11.5 Å². The molecule has 0 bridgehead atoms. The number of benzene rings is 1. The van der Waals surface area contributed by atoms with E-state index >= 15 is 0 Å². The Bertz CT molecular complexity index is 334. The lowest BCUT2D eigenvalue weighted by molar-refractivity contribution is 0.102. The van der Waals surface area contributed by atoms with Gasteiger partial charge in [-0.15, -0.1) is 0 Å². The largest absolute Gasteiger partial charge is 0.497 e. The minimum atomic E-state index is -0.0266. The van der Waals surface area contributed by atoms with Gasteiger partial charge >= 0.3 is 0 Å². The second kappa shape index (κ2) is 7.27. The number of aliphatic hydroxyl groups excluding tert-OH is 1. The molecule has 0 aliphatic rings. The lowest BCUT2D eigenvalue weighted by Gasteiger charge is -2.26. The van der Waals surface area contributed by atoms with Crippen molar-refractivity contribution >= 4 is 0 Å². The zero-order chi connectivity index (χ0) is 13.4. The standard InChI is InChI=1S/C15H24O3/c1-4-9-15(2,12-16)10-11-18-14-7-5-13(17-3)6-8-14/h5-8,16H,4,9-12H2,1-3H3. The maximum atomic E-state index is 9.41. The van der Waals surface area contributed by atoms with Crippen LogP contribution in [0, 0.1) is 5.41 Å². The summed E-state index contributed by atoms with van der Waals surface area (Å²) in [7, 11) is 1.65. The highest BCUT2D eigenvalue weighted by atomic mass is 16.5. The Kier molecular flexibility index (Phi) is 5.99. The van der Waals surface area contributed by atoms with Crippen LogP contribution in [0.5, 0.6) is 11.5 Å². The second-order valence-corrected chi connectivity index (χ2v) is 4.99. The summed E-state index contributed by atoms with van der Waals surface area (Å²) < 4.78 is 10.8. The molecule has 0 aliphatic heterocycles. The Morgan fingerprint density at radius 1 is 1.11 bits per heavy atom. The third-order valence-electron chi connectivity index (χ3n) is 3.27. The third kappa shape index (κ3) is 4.57. The number of aliphatic hydroxyl groups is 1. The van der Waals surface area contributed by atoms with E-state index in [1.165, 1.54) is 0 Å². The van der Waals surface area contributed by atoms with Gasteiger partial charge in [0.05, 0.1) is 13.7 Å². The van der Waals surface area contributed by atoms with Gasteiger partial charge in [0.1, 0.15) is 11.5 Å². The maximum Gasteiger partial charge on any atom is 0.119 e. The molecule has 1 unspecified atom stereocenters. The summed E-state index contributed by atoms with van der Waals surface area (Å²) in [5.41, 5.74) is -0.0266. The molecule has 0 radical (unpaired) electrons. The van der Waals surface area contributed by atoms with Crippen LogP contribution in [-0.2, 0) is 0 Å². The first-order valence-electron chi connectivity index (χ1n) is 6.51. The quantitative estimate of drug-likeness (QED) is 0.771. The Balaban J connectivity index is 2.40. The van der Waals surface area contributed by atoms with Gasteiger partial charge in [0.25, 0.3) is 0 Å². The summed E-state index contributed by atoms with van der Waals surface area (Å²) in [6, 6.07) is 7.56. The van der Waals surface area contributed by atoms with E-state index in [-0.39, 0.29) is 12.0 Å². The molecule has 0 aliphatic carbocycles. The van der Waals surface area contributed by atoms with Gasteiger partial charge in [-0.1, -0.05) is 20.3 Å². The predicted molar refractivity (Wildman–Crippen MR) is 73.2 cm³/mol. The molecular formula is C15H24O3. The Hall–Kier alpha value is -1.22. The van der Waals surface area contributed by atoms with Crippen LogP contribution in [-0.4, -0.2) is 25.4 Å². The van der Waals surface area contributed by atoms with Crippen molar-refractivity contribution in [2.24, 2.45) is 5.41 Å². The van der Waals surface area contributed by atoms with Crippen LogP contribution in [0.25, 0.3) is 0 Å². The van der Waals surface area contributed by atoms with Crippen LogP contribution < -0.4 is 9.47 Å². The van der Waals surface area contributed by atoms with E-state index < -0.39 is 0 Å². The topological polar surface area (TPSA) is 38.7 Å². The van der Waals surface area contributed by atoms with Crippen molar-refractivity contribution < 1.29 is 14.6 Å². The van der Waals surface area contributed by atoms with Gasteiger partial charge < -0.3 is 14.6 Å². The van der Waals surface area contributed by atoms with Gasteiger partial charge in [-0.3, -0.25) is 0 Å². The number of hydrogen-bond donors (Lipinski definition) is 1. The normalized spacial score (nSPS) is 14.0. The predicted octanol–water partition coefficient (Wildman–Crippen LogP) is 3.26. The molecule has 0 heterocycles. The zero-order valence-corrected chi connectivity index (χ0v) is 11.6. The van der Waals surface area contributed by atoms with Gasteiger partial charge in [-0.05, 0) is 42.5 Å². The summed E-state index contributed by atoms with van der Waals surface area (Å²) in [6.45, 7) is 5.09. The van der Waals surface area contributed by atoms with E-state index in [9.17, 15) is 5.11 Å². The highest BCUT2D eigenvalue weighted by molar-refractivity contribution is 5.31. The SMILES string of the molecule is CCCC(C)(CO)CCOc1ccc(OC)cc1. The molecule has 1 atom stereocenters. The Labute approximate surface area is 110 Å². The van der Waals surface area contributed by atoms with Crippen molar-refractivity contribution in [3.63, 3.8) is 0 Å². The van der Waals surface area contributed by atoms with Crippen LogP contribution in [0.15, 0.2) is 24.3 Å². The summed E-state index contributed by atoms with van der Waals surface area (Å²) in [6.07, 6.45) is 2.97. The summed E-state index contributed by atoms with van der Waals surface area (Å²) in [5, 5.41) is 9.41. The lowest BCUT2D eigenvalue weighted by Crippen LogP contribution is -2.23. The molecule has 102 valence electrons. The van der Waals surface area contributed by atoms with Crippen molar-refractivity contribution in [2.45, 2.75) is 33.1 Å². The summed E-state index contributed by atoms with van der Waals surface area (Å²) in [5.74, 6) is 1.67. The van der Waals surface area contributed by atoms with Gasteiger partial charge in [0, 0.05) is 6.61 Å². The monoisotopic (exact) mass is 252 g/mol. The Morgan fingerprint density at radius 3 is 2.22 bits per heavy atom. The number of ether oxygens (including phenoxy) is 2. The van der Waals surface area contributed by atoms with Crippen molar-refractivity contribution in [3.05, 3.63) is 24.3 Å². The molecule has 0 fully saturated rings. The number of methoxy groups -OCH3 is 1. The molecule has 18 heavy (non-hydrogen) atoms. The molecule has 0 saturated carbocycles. The van der Waals surface area contributed by atoms with E-state index in [4.69, 9.17) is 9.47 Å². The average Bonchev–Trinajstić information content (AvgIpc) is 2.40. The zero-order valence-electron chi connectivity index (χ0n) is 11.6. The van der Waals surface area contributed by atoms with Gasteiger partial charge in [0.15, 0.2) is 0 Å². The fourth-order valence-electron chi connectivity index (χ4n) is 1.97. The minimum absolute atomic E-state index is 0.0266. The van der Waals surface area contributed by atoms with Gasteiger partial charge in [-0.2, -0.15) is 0 Å². The van der Waals surface area contributed by atoms with Crippen LogP contribution in [0.4, 0.5) is 0 Å². The fraction of sp³-hybridized carbons (Fsp3) is 0.600. The summed E-state index contributed by atoms with van der Waals surface area (Å²) >= 11 is 0. The highest BCUT2D eigenvalue weighted by Crippen LogP contribution is 2.27. The molecule has 0 amide bonds. The number of hydrogen-bond acceptors (Lipinski definition) is 3. The molecule has 1 aromatic rings. The van der Waals surface area contributed by atoms with Crippen molar-refractivity contribution in [1.82, 2.24) is 0 Å². The van der Waals surface area contributed by atoms with Gasteiger partial charge in [0.2, 0.25) is 0 Å². The van der Waals surface area contributed by atoms with E-state index in [1.807, 2.05) is 24.3 Å². The molecule has 0 aromatic heterocycles. The minimum Gasteiger partial charge on any atom is -0.497 e. The first kappa shape index (κ1) is 14.8. The third-order valence-corrected chi connectivity index (χ3v) is 3.27. The first-order valence-corrected chi connectivity index (χ1v) is 6.51. The van der Waals surface area contributed by atoms with E-state index in [0.717, 1.165) is 30.8 Å². The molecule has 3 heteroatoms. The Morgan fingerprint density at radius 2 is 1.72 bits per heavy atom. The summed E-state index contributed by atoms with van der Waals surface area (Å²) in [4.78, 5) is 0. The van der Waals surface area contributed by atoms with E-state index in [1.54, 1.807) is 7.11 Å². The van der Waals surface area contributed by atoms with Gasteiger partial charge in [-0.25, -0.2) is 0 Å². The average molecular weight is 252 g/mol. The van der Waals surface area contributed by atoms with Crippen LogP contribution in [0.2, 0.25) is 0 Å². The maximum absolute atomic E-state index is 9.41. The van der Waals surface area contributed by atoms with E-state index in [0.29, 0.717) is 6.61 Å². The molecule has 3 nitrogen and oxygen atoms in total. The van der Waals surface area contributed by atoms with Crippen molar-refractivity contribution in [1.29, 1.82) is 0 Å². The second-order valence-electron chi connectivity index (χ2n) is 4.99. The van der Waals surface area contributed by atoms with Crippen LogP contribution in [0.3, 0.4) is 0 Å². The molecule has 1 rings (SSSR count). The van der Waals surface area contributed by atoms with E-state index in [2.05, 4.69) is 13.8 Å². The van der Waals surface area contributed by atoms with Crippen LogP contribution in [0.1, 0.15) is 33.1 Å². The van der Waals surface area contributed by atoms with Crippen molar-refractivity contribution in [2.75, 3.05) is 20.3 Å². The highest BCUT2D eigenvalue weighted by Gasteiger charge is 2.22.